The topological polar surface area (TPSA) is 136 Å². The number of fused-ring (bicyclic) bond motifs is 1. The number of nitrogens with zero attached hydrogens (tertiary/aromatic N) is 2. The standard InChI is InChI=1S/C11H10BrN3O6S/c12-3-5(16)6(14-21)8(17)13-7-9(18)15-4(11(19)20)1-2-22-10(7)15/h1,7,10,21H,2-3H2,(H,13,17)(H,19,20)/b14-6-/t7?,10-/m1/s1. The number of carboxylic acid groups (broad SMARTS) is 1. The number of hydrogen-bond donors (Lipinski definition) is 3. The summed E-state index contributed by atoms with van der Waals surface area (Å²) in [5, 5.41) is 21.9. The Labute approximate surface area is 136 Å². The van der Waals surface area contributed by atoms with Crippen molar-refractivity contribution in [2.24, 2.45) is 5.16 Å². The molecule has 0 aromatic rings. The van der Waals surface area contributed by atoms with Gasteiger partial charge in [-0.05, 0) is 6.08 Å². The average molecular weight is 392 g/mol. The number of carboxylic acids is 1. The van der Waals surface area contributed by atoms with E-state index in [1.54, 1.807) is 0 Å². The molecule has 118 valence electrons. The van der Waals surface area contributed by atoms with Crippen molar-refractivity contribution in [3.05, 3.63) is 11.8 Å². The Morgan fingerprint density at radius 3 is 2.73 bits per heavy atom. The third-order valence-electron chi connectivity index (χ3n) is 3.05. The molecule has 0 aliphatic carbocycles. The molecule has 0 saturated carbocycles. The molecule has 2 aliphatic rings. The smallest absolute Gasteiger partial charge is 0.352 e. The molecule has 2 rings (SSSR count). The molecule has 0 aromatic carbocycles. The highest BCUT2D eigenvalue weighted by atomic mass is 79.9. The Hall–Kier alpha value is -1.88. The molecule has 11 heteroatoms. The molecular formula is C11H10BrN3O6S. The minimum absolute atomic E-state index is 0.133. The van der Waals surface area contributed by atoms with Gasteiger partial charge in [-0.15, -0.1) is 11.8 Å². The first-order chi connectivity index (χ1) is 10.4. The highest BCUT2D eigenvalue weighted by Gasteiger charge is 2.53. The second-order valence-electron chi connectivity index (χ2n) is 4.28. The van der Waals surface area contributed by atoms with E-state index in [1.165, 1.54) is 17.8 Å². The third kappa shape index (κ3) is 2.73. The maximum absolute atomic E-state index is 12.0. The number of oxime groups is 1. The molecule has 2 aliphatic heterocycles. The number of aliphatic carboxylic acids is 1. The zero-order valence-corrected chi connectivity index (χ0v) is 13.3. The van der Waals surface area contributed by atoms with Gasteiger partial charge in [0.1, 0.15) is 17.1 Å². The summed E-state index contributed by atoms with van der Waals surface area (Å²) in [4.78, 5) is 47.4. The second kappa shape index (κ2) is 6.48. The van der Waals surface area contributed by atoms with Crippen LogP contribution in [0.4, 0.5) is 0 Å². The third-order valence-corrected chi connectivity index (χ3v) is 4.75. The molecule has 3 N–H and O–H groups in total. The first kappa shape index (κ1) is 16.5. The van der Waals surface area contributed by atoms with Gasteiger partial charge in [-0.3, -0.25) is 19.3 Å². The fourth-order valence-corrected chi connectivity index (χ4v) is 3.50. The molecule has 0 bridgehead atoms. The number of rotatable bonds is 5. The lowest BCUT2D eigenvalue weighted by atomic mass is 10.0. The van der Waals surface area contributed by atoms with Crippen molar-refractivity contribution >= 4 is 57.0 Å². The van der Waals surface area contributed by atoms with Gasteiger partial charge in [-0.25, -0.2) is 4.79 Å². The van der Waals surface area contributed by atoms with E-state index < -0.39 is 40.7 Å². The summed E-state index contributed by atoms with van der Waals surface area (Å²) in [5.41, 5.74) is -0.857. The molecule has 2 atom stereocenters. The van der Waals surface area contributed by atoms with Crippen LogP contribution in [0.2, 0.25) is 0 Å². The number of Topliss-reactive ketones (excluding diaryl/α,β-unsaturated/α-hetero) is 1. The van der Waals surface area contributed by atoms with Gasteiger partial charge in [0.05, 0.1) is 5.33 Å². The minimum Gasteiger partial charge on any atom is -0.477 e. The molecule has 9 nitrogen and oxygen atoms in total. The summed E-state index contributed by atoms with van der Waals surface area (Å²) >= 11 is 4.11. The maximum atomic E-state index is 12.0. The van der Waals surface area contributed by atoms with Gasteiger partial charge in [0.15, 0.2) is 0 Å². The largest absolute Gasteiger partial charge is 0.477 e. The van der Waals surface area contributed by atoms with Crippen LogP contribution in [0.1, 0.15) is 0 Å². The van der Waals surface area contributed by atoms with Gasteiger partial charge in [0.2, 0.25) is 11.5 Å². The second-order valence-corrected chi connectivity index (χ2v) is 5.99. The van der Waals surface area contributed by atoms with Crippen molar-refractivity contribution in [3.8, 4) is 0 Å². The number of halogens is 1. The Balaban J connectivity index is 2.09. The summed E-state index contributed by atoms with van der Waals surface area (Å²) in [6.07, 6.45) is 1.41. The van der Waals surface area contributed by atoms with Crippen molar-refractivity contribution in [3.63, 3.8) is 0 Å². The molecule has 1 unspecified atom stereocenters. The molecule has 2 heterocycles. The number of β-lactam (4-membered cyclic amide) rings is 1. The van der Waals surface area contributed by atoms with Crippen LogP contribution in [0, 0.1) is 0 Å². The van der Waals surface area contributed by atoms with Crippen LogP contribution < -0.4 is 5.32 Å². The van der Waals surface area contributed by atoms with Crippen molar-refractivity contribution in [2.45, 2.75) is 11.4 Å². The number of alkyl halides is 1. The minimum atomic E-state index is -1.23. The summed E-state index contributed by atoms with van der Waals surface area (Å²) in [5.74, 6) is -3.18. The van der Waals surface area contributed by atoms with E-state index in [-0.39, 0.29) is 11.0 Å². The van der Waals surface area contributed by atoms with Crippen molar-refractivity contribution in [2.75, 3.05) is 11.1 Å². The number of carbonyl (C=O) groups is 4. The van der Waals surface area contributed by atoms with Gasteiger partial charge >= 0.3 is 5.97 Å². The maximum Gasteiger partial charge on any atom is 0.352 e. The van der Waals surface area contributed by atoms with E-state index >= 15 is 0 Å². The van der Waals surface area contributed by atoms with E-state index in [9.17, 15) is 19.2 Å². The number of amides is 2. The molecule has 2 amide bonds. The quantitative estimate of drug-likeness (QED) is 0.138. The zero-order valence-electron chi connectivity index (χ0n) is 10.9. The van der Waals surface area contributed by atoms with Gasteiger partial charge < -0.3 is 15.6 Å². The van der Waals surface area contributed by atoms with Crippen LogP contribution in [0.5, 0.6) is 0 Å². The number of hydrogen-bond acceptors (Lipinski definition) is 7. The summed E-state index contributed by atoms with van der Waals surface area (Å²) in [7, 11) is 0. The predicted octanol–water partition coefficient (Wildman–Crippen LogP) is -0.851. The van der Waals surface area contributed by atoms with E-state index in [4.69, 9.17) is 10.3 Å². The highest BCUT2D eigenvalue weighted by molar-refractivity contribution is 9.09. The number of thioether (sulfide) groups is 1. The molecule has 0 aromatic heterocycles. The van der Waals surface area contributed by atoms with Crippen LogP contribution in [0.25, 0.3) is 0 Å². The van der Waals surface area contributed by atoms with Gasteiger partial charge in [0.25, 0.3) is 11.8 Å². The van der Waals surface area contributed by atoms with Gasteiger partial charge in [-0.1, -0.05) is 21.1 Å². The van der Waals surface area contributed by atoms with Crippen molar-refractivity contribution in [1.82, 2.24) is 10.2 Å². The van der Waals surface area contributed by atoms with E-state index in [0.717, 1.165) is 4.90 Å². The molecule has 1 saturated heterocycles. The van der Waals surface area contributed by atoms with E-state index in [2.05, 4.69) is 26.4 Å². The fourth-order valence-electron chi connectivity index (χ4n) is 2.04. The number of nitrogens with one attached hydrogen (secondary N) is 1. The van der Waals surface area contributed by atoms with Crippen LogP contribution in [-0.4, -0.2) is 67.0 Å². The Morgan fingerprint density at radius 2 is 2.18 bits per heavy atom. The highest BCUT2D eigenvalue weighted by Crippen LogP contribution is 2.37. The normalized spacial score (nSPS) is 24.0. The van der Waals surface area contributed by atoms with Gasteiger partial charge in [0, 0.05) is 5.75 Å². The summed E-state index contributed by atoms with van der Waals surface area (Å²) in [6, 6.07) is -0.972. The lowest BCUT2D eigenvalue weighted by Crippen LogP contribution is -2.70. The van der Waals surface area contributed by atoms with Crippen LogP contribution in [0.15, 0.2) is 16.9 Å². The summed E-state index contributed by atoms with van der Waals surface area (Å²) in [6.45, 7) is 0. The van der Waals surface area contributed by atoms with Crippen LogP contribution in [0.3, 0.4) is 0 Å². The lowest BCUT2D eigenvalue weighted by Gasteiger charge is -2.48. The molecule has 22 heavy (non-hydrogen) atoms. The average Bonchev–Trinajstić information content (AvgIpc) is 2.51. The van der Waals surface area contributed by atoms with Crippen molar-refractivity contribution in [1.29, 1.82) is 0 Å². The Bertz CT molecular complexity index is 619. The van der Waals surface area contributed by atoms with E-state index in [1.807, 2.05) is 0 Å². The van der Waals surface area contributed by atoms with Crippen molar-refractivity contribution < 1.29 is 29.5 Å². The monoisotopic (exact) mass is 391 g/mol. The SMILES string of the molecule is O=C(O)C1=CCS[C@@H]2C(NC(=O)/C(=N\O)C(=O)CBr)C(=O)N12. The Kier molecular flexibility index (Phi) is 4.86. The molecule has 0 spiro atoms. The molecular weight excluding hydrogens is 382 g/mol. The molecule has 0 radical (unpaired) electrons. The zero-order chi connectivity index (χ0) is 16.4. The lowest BCUT2D eigenvalue weighted by molar-refractivity contribution is -0.150. The number of carbonyl (C=O) groups excluding carboxylic acids is 3. The fraction of sp³-hybridized carbons (Fsp3) is 0.364. The van der Waals surface area contributed by atoms with Crippen LogP contribution in [-0.2, 0) is 19.2 Å². The predicted molar refractivity (Wildman–Crippen MR) is 78.8 cm³/mol. The first-order valence-corrected chi connectivity index (χ1v) is 8.09. The number of ketones is 1. The first-order valence-electron chi connectivity index (χ1n) is 5.92. The van der Waals surface area contributed by atoms with Gasteiger partial charge in [-0.2, -0.15) is 0 Å². The van der Waals surface area contributed by atoms with Crippen LogP contribution >= 0.6 is 27.7 Å². The Morgan fingerprint density at radius 1 is 1.50 bits per heavy atom. The molecule has 1 fully saturated rings. The summed E-state index contributed by atoms with van der Waals surface area (Å²) < 4.78 is 0. The van der Waals surface area contributed by atoms with E-state index in [0.29, 0.717) is 5.75 Å².